The molecule has 0 aromatic carbocycles. The van der Waals surface area contributed by atoms with Crippen LogP contribution >= 0.6 is 0 Å². The lowest BCUT2D eigenvalue weighted by Gasteiger charge is -2.15. The van der Waals surface area contributed by atoms with Crippen molar-refractivity contribution in [3.05, 3.63) is 0 Å². The van der Waals surface area contributed by atoms with Gasteiger partial charge in [-0.05, 0) is 12.8 Å². The van der Waals surface area contributed by atoms with Crippen LogP contribution in [0.25, 0.3) is 0 Å². The number of nitriles is 1. The Hall–Kier alpha value is -1.04. The van der Waals surface area contributed by atoms with Gasteiger partial charge in [0, 0.05) is 5.92 Å². The average Bonchev–Trinajstić information content (AvgIpc) is 2.86. The summed E-state index contributed by atoms with van der Waals surface area (Å²) in [5, 5.41) is 8.85. The summed E-state index contributed by atoms with van der Waals surface area (Å²) in [5.74, 6) is 1.30. The van der Waals surface area contributed by atoms with Crippen LogP contribution in [0.2, 0.25) is 0 Å². The van der Waals surface area contributed by atoms with Crippen LogP contribution in [-0.4, -0.2) is 18.5 Å². The molecular weight excluding hydrogens is 224 g/mol. The van der Waals surface area contributed by atoms with Crippen LogP contribution < -0.4 is 0 Å². The van der Waals surface area contributed by atoms with Crippen molar-refractivity contribution in [3.63, 3.8) is 0 Å². The van der Waals surface area contributed by atoms with Gasteiger partial charge >= 0.3 is 0 Å². The Labute approximate surface area is 111 Å². The minimum absolute atomic E-state index is 0.264. The van der Waals surface area contributed by atoms with Crippen molar-refractivity contribution in [2.75, 3.05) is 6.61 Å². The van der Waals surface area contributed by atoms with Gasteiger partial charge in [0.2, 0.25) is 0 Å². The molecule has 0 spiro atoms. The third-order valence-corrected chi connectivity index (χ3v) is 3.48. The Kier molecular flexibility index (Phi) is 7.48. The molecule has 0 amide bonds. The molecule has 0 saturated carbocycles. The normalized spacial score (nSPS) is 20.1. The molecule has 3 nitrogen and oxygen atoms in total. The SMILES string of the molecule is CCCCCCC(CCCC)C1=NC(C#N)CO1. The van der Waals surface area contributed by atoms with Crippen LogP contribution in [-0.2, 0) is 4.74 Å². The zero-order chi connectivity index (χ0) is 13.2. The van der Waals surface area contributed by atoms with Gasteiger partial charge in [-0.2, -0.15) is 5.26 Å². The molecule has 0 fully saturated rings. The van der Waals surface area contributed by atoms with Crippen molar-refractivity contribution in [2.24, 2.45) is 10.9 Å². The van der Waals surface area contributed by atoms with E-state index < -0.39 is 0 Å². The van der Waals surface area contributed by atoms with Crippen LogP contribution in [0.5, 0.6) is 0 Å². The van der Waals surface area contributed by atoms with Crippen LogP contribution in [0.4, 0.5) is 0 Å². The Morgan fingerprint density at radius 2 is 1.94 bits per heavy atom. The van der Waals surface area contributed by atoms with Crippen LogP contribution in [0.1, 0.15) is 65.2 Å². The number of ether oxygens (including phenoxy) is 1. The first-order valence-corrected chi connectivity index (χ1v) is 7.41. The summed E-state index contributed by atoms with van der Waals surface area (Å²) < 4.78 is 5.60. The third kappa shape index (κ3) is 5.08. The van der Waals surface area contributed by atoms with Gasteiger partial charge in [0.25, 0.3) is 0 Å². The summed E-state index contributed by atoms with van der Waals surface area (Å²) in [6, 6.07) is 1.90. The fraction of sp³-hybridized carbons (Fsp3) is 0.867. The van der Waals surface area contributed by atoms with Gasteiger partial charge in [-0.3, -0.25) is 0 Å². The predicted octanol–water partition coefficient (Wildman–Crippen LogP) is 4.08. The van der Waals surface area contributed by atoms with E-state index in [1.165, 1.54) is 38.5 Å². The predicted molar refractivity (Wildman–Crippen MR) is 74.6 cm³/mol. The van der Waals surface area contributed by atoms with E-state index in [0.29, 0.717) is 12.5 Å². The highest BCUT2D eigenvalue weighted by molar-refractivity contribution is 5.80. The summed E-state index contributed by atoms with van der Waals surface area (Å²) in [6.45, 7) is 4.91. The van der Waals surface area contributed by atoms with E-state index in [1.807, 2.05) is 0 Å². The first kappa shape index (κ1) is 15.0. The number of rotatable bonds is 9. The highest BCUT2D eigenvalue weighted by atomic mass is 16.5. The van der Waals surface area contributed by atoms with E-state index in [-0.39, 0.29) is 6.04 Å². The van der Waals surface area contributed by atoms with Gasteiger partial charge in [-0.15, -0.1) is 0 Å². The maximum Gasteiger partial charge on any atom is 0.187 e. The molecule has 0 saturated heterocycles. The summed E-state index contributed by atoms with van der Waals surface area (Å²) in [6.07, 6.45) is 9.88. The smallest absolute Gasteiger partial charge is 0.187 e. The molecule has 0 aliphatic carbocycles. The number of aliphatic imine (C=N–C) groups is 1. The Morgan fingerprint density at radius 1 is 1.22 bits per heavy atom. The Bertz CT molecular complexity index is 293. The summed E-state index contributed by atoms with van der Waals surface area (Å²) in [5.41, 5.74) is 0. The van der Waals surface area contributed by atoms with E-state index in [2.05, 4.69) is 24.9 Å². The summed E-state index contributed by atoms with van der Waals surface area (Å²) in [7, 11) is 0. The molecular formula is C15H26N2O. The van der Waals surface area contributed by atoms with Crippen LogP contribution in [0, 0.1) is 17.2 Å². The van der Waals surface area contributed by atoms with Gasteiger partial charge in [0.05, 0.1) is 6.07 Å². The number of hydrogen-bond acceptors (Lipinski definition) is 3. The topological polar surface area (TPSA) is 45.4 Å². The molecule has 0 aromatic heterocycles. The van der Waals surface area contributed by atoms with Crippen molar-refractivity contribution < 1.29 is 4.74 Å². The molecule has 18 heavy (non-hydrogen) atoms. The second-order valence-corrected chi connectivity index (χ2v) is 5.11. The van der Waals surface area contributed by atoms with Crippen molar-refractivity contribution in [2.45, 2.75) is 71.3 Å². The van der Waals surface area contributed by atoms with Crippen LogP contribution in [0.15, 0.2) is 4.99 Å². The second kappa shape index (κ2) is 8.97. The van der Waals surface area contributed by atoms with Gasteiger partial charge < -0.3 is 4.74 Å². The molecule has 1 aliphatic rings. The lowest BCUT2D eigenvalue weighted by atomic mass is 9.95. The molecule has 1 heterocycles. The molecule has 3 heteroatoms. The number of nitrogens with zero attached hydrogens (tertiary/aromatic N) is 2. The average molecular weight is 250 g/mol. The van der Waals surface area contributed by atoms with Gasteiger partial charge in [-0.25, -0.2) is 4.99 Å². The zero-order valence-electron chi connectivity index (χ0n) is 11.8. The fourth-order valence-electron chi connectivity index (χ4n) is 2.34. The molecule has 0 radical (unpaired) electrons. The molecule has 102 valence electrons. The van der Waals surface area contributed by atoms with Gasteiger partial charge in [0.1, 0.15) is 6.61 Å². The zero-order valence-corrected chi connectivity index (χ0v) is 11.8. The third-order valence-electron chi connectivity index (χ3n) is 3.48. The molecule has 0 N–H and O–H groups in total. The lowest BCUT2D eigenvalue weighted by Crippen LogP contribution is -2.15. The Balaban J connectivity index is 2.42. The fourth-order valence-corrected chi connectivity index (χ4v) is 2.34. The maximum atomic E-state index is 8.85. The molecule has 1 aliphatic heterocycles. The first-order chi connectivity index (χ1) is 8.81. The summed E-state index contributed by atoms with van der Waals surface area (Å²) >= 11 is 0. The highest BCUT2D eigenvalue weighted by Crippen LogP contribution is 2.22. The van der Waals surface area contributed by atoms with Crippen molar-refractivity contribution in [3.8, 4) is 6.07 Å². The van der Waals surface area contributed by atoms with Gasteiger partial charge in [0.15, 0.2) is 11.9 Å². The second-order valence-electron chi connectivity index (χ2n) is 5.11. The lowest BCUT2D eigenvalue weighted by molar-refractivity contribution is 0.300. The Morgan fingerprint density at radius 3 is 2.56 bits per heavy atom. The first-order valence-electron chi connectivity index (χ1n) is 7.41. The van der Waals surface area contributed by atoms with Crippen molar-refractivity contribution in [1.82, 2.24) is 0 Å². The standard InChI is InChI=1S/C15H26N2O/c1-3-5-7-8-10-13(9-6-4-2)15-17-14(11-16)12-18-15/h13-14H,3-10,12H2,1-2H3. The molecule has 2 unspecified atom stereocenters. The van der Waals surface area contributed by atoms with Crippen molar-refractivity contribution in [1.29, 1.82) is 5.26 Å². The summed E-state index contributed by atoms with van der Waals surface area (Å²) in [4.78, 5) is 4.39. The maximum absolute atomic E-state index is 8.85. The quantitative estimate of drug-likeness (QED) is 0.579. The monoisotopic (exact) mass is 250 g/mol. The molecule has 1 rings (SSSR count). The van der Waals surface area contributed by atoms with Crippen LogP contribution in [0.3, 0.4) is 0 Å². The van der Waals surface area contributed by atoms with E-state index >= 15 is 0 Å². The number of unbranched alkanes of at least 4 members (excludes halogenated alkanes) is 4. The van der Waals surface area contributed by atoms with E-state index in [0.717, 1.165) is 18.7 Å². The number of hydrogen-bond donors (Lipinski definition) is 0. The van der Waals surface area contributed by atoms with Gasteiger partial charge in [-0.1, -0.05) is 52.4 Å². The van der Waals surface area contributed by atoms with E-state index in [4.69, 9.17) is 10.00 Å². The molecule has 0 aromatic rings. The minimum atomic E-state index is -0.264. The largest absolute Gasteiger partial charge is 0.477 e. The van der Waals surface area contributed by atoms with E-state index in [9.17, 15) is 0 Å². The van der Waals surface area contributed by atoms with E-state index in [1.54, 1.807) is 0 Å². The minimum Gasteiger partial charge on any atom is -0.477 e. The highest BCUT2D eigenvalue weighted by Gasteiger charge is 2.24. The molecule has 2 atom stereocenters. The molecule has 0 bridgehead atoms. The van der Waals surface area contributed by atoms with Crippen molar-refractivity contribution >= 4 is 5.90 Å².